The molecule has 2 aromatic carbocycles. The molecule has 0 aliphatic rings. The third-order valence-electron chi connectivity index (χ3n) is 5.98. The van der Waals surface area contributed by atoms with Crippen molar-refractivity contribution in [2.75, 3.05) is 19.0 Å². The van der Waals surface area contributed by atoms with Crippen molar-refractivity contribution >= 4 is 40.2 Å². The van der Waals surface area contributed by atoms with Crippen LogP contribution in [0.3, 0.4) is 0 Å². The van der Waals surface area contributed by atoms with Gasteiger partial charge in [-0.15, -0.1) is 0 Å². The number of carbonyl (C=O) groups excluding carboxylic acids is 2. The summed E-state index contributed by atoms with van der Waals surface area (Å²) < 4.78 is 44.7. The number of nitrogens with one attached hydrogen (secondary N) is 1. The third kappa shape index (κ3) is 8.33. The molecule has 3 N–H and O–H groups in total. The van der Waals surface area contributed by atoms with Gasteiger partial charge in [-0.2, -0.15) is 0 Å². The molecule has 2 atom stereocenters. The van der Waals surface area contributed by atoms with Gasteiger partial charge in [0.1, 0.15) is 18.2 Å². The number of amides is 2. The third-order valence-corrected chi connectivity index (χ3v) is 6.35. The molecular weight excluding hydrogens is 509 g/mol. The van der Waals surface area contributed by atoms with Crippen molar-refractivity contribution in [3.8, 4) is 0 Å². The number of rotatable bonds is 11. The van der Waals surface area contributed by atoms with Crippen molar-refractivity contribution in [3.63, 3.8) is 0 Å². The van der Waals surface area contributed by atoms with E-state index in [2.05, 4.69) is 10.3 Å². The summed E-state index contributed by atoms with van der Waals surface area (Å²) in [6.45, 7) is -0.252. The van der Waals surface area contributed by atoms with Crippen molar-refractivity contribution in [1.29, 1.82) is 0 Å². The standard InChI is InChI=1S/C26H28ClF3N4O3/c1-34(24(35)11-7-16-4-2-3-5-21(16)27)20(9-10-22(31)25(29)30)15-37-26(36)33-23-13-18-12-19(28)8-6-17(18)14-32-23/h2-6,8,12-14,20,22,25H,7,9-11,15,31H2,1H3,(H,32,33,36)/t20-,22?/m0/s1. The first-order chi connectivity index (χ1) is 17.6. The summed E-state index contributed by atoms with van der Waals surface area (Å²) in [6, 6.07) is 10.8. The molecule has 198 valence electrons. The summed E-state index contributed by atoms with van der Waals surface area (Å²) in [6.07, 6.45) is -1.56. The zero-order valence-electron chi connectivity index (χ0n) is 20.2. The van der Waals surface area contributed by atoms with E-state index in [-0.39, 0.29) is 37.6 Å². The molecule has 0 saturated heterocycles. The Kier molecular flexibility index (Phi) is 10.1. The van der Waals surface area contributed by atoms with Crippen molar-refractivity contribution in [3.05, 3.63) is 71.1 Å². The monoisotopic (exact) mass is 536 g/mol. The van der Waals surface area contributed by atoms with Crippen LogP contribution in [0.5, 0.6) is 0 Å². The number of likely N-dealkylation sites (N-methyl/N-ethyl adjacent to an activating group) is 1. The van der Waals surface area contributed by atoms with Gasteiger partial charge in [0.25, 0.3) is 6.43 Å². The predicted molar refractivity (Wildman–Crippen MR) is 136 cm³/mol. The Morgan fingerprint density at radius 3 is 2.62 bits per heavy atom. The molecule has 3 rings (SSSR count). The van der Waals surface area contributed by atoms with Gasteiger partial charge >= 0.3 is 6.09 Å². The van der Waals surface area contributed by atoms with Crippen LogP contribution in [0, 0.1) is 5.82 Å². The van der Waals surface area contributed by atoms with E-state index >= 15 is 0 Å². The molecule has 1 heterocycles. The predicted octanol–water partition coefficient (Wildman–Crippen LogP) is 5.41. The van der Waals surface area contributed by atoms with E-state index in [0.717, 1.165) is 5.56 Å². The molecule has 11 heteroatoms. The SMILES string of the molecule is CN(C(=O)CCc1ccccc1Cl)[C@@H](CCC(N)C(F)F)COC(=O)Nc1cc2cc(F)ccc2cn1. The normalized spacial score (nSPS) is 12.8. The van der Waals surface area contributed by atoms with Crippen LogP contribution in [-0.2, 0) is 16.0 Å². The van der Waals surface area contributed by atoms with Crippen LogP contribution in [0.25, 0.3) is 10.8 Å². The minimum Gasteiger partial charge on any atom is -0.447 e. The maximum Gasteiger partial charge on any atom is 0.412 e. The Bertz CT molecular complexity index is 1230. The number of alkyl halides is 2. The summed E-state index contributed by atoms with van der Waals surface area (Å²) in [4.78, 5) is 30.7. The smallest absolute Gasteiger partial charge is 0.412 e. The van der Waals surface area contributed by atoms with Gasteiger partial charge in [-0.1, -0.05) is 29.8 Å². The number of aromatic nitrogens is 1. The summed E-state index contributed by atoms with van der Waals surface area (Å²) in [5, 5.41) is 4.22. The largest absolute Gasteiger partial charge is 0.447 e. The maximum atomic E-state index is 13.5. The topological polar surface area (TPSA) is 97.5 Å². The number of carbonyl (C=O) groups is 2. The number of ether oxygens (including phenoxy) is 1. The van der Waals surface area contributed by atoms with Gasteiger partial charge in [0.15, 0.2) is 0 Å². The highest BCUT2D eigenvalue weighted by molar-refractivity contribution is 6.31. The lowest BCUT2D eigenvalue weighted by atomic mass is 10.0. The van der Waals surface area contributed by atoms with Gasteiger partial charge in [0, 0.05) is 30.1 Å². The summed E-state index contributed by atoms with van der Waals surface area (Å²) in [5.41, 5.74) is 6.29. The van der Waals surface area contributed by atoms with Gasteiger partial charge in [0.2, 0.25) is 5.91 Å². The second kappa shape index (κ2) is 13.3. The van der Waals surface area contributed by atoms with E-state index in [9.17, 15) is 22.8 Å². The summed E-state index contributed by atoms with van der Waals surface area (Å²) >= 11 is 6.16. The van der Waals surface area contributed by atoms with E-state index in [0.29, 0.717) is 22.2 Å². The fourth-order valence-electron chi connectivity index (χ4n) is 3.72. The van der Waals surface area contributed by atoms with Gasteiger partial charge in [0.05, 0.1) is 12.1 Å². The van der Waals surface area contributed by atoms with Crippen molar-refractivity contribution in [1.82, 2.24) is 9.88 Å². The number of aryl methyl sites for hydroxylation is 1. The van der Waals surface area contributed by atoms with Crippen LogP contribution in [0.15, 0.2) is 54.7 Å². The number of hydrogen-bond acceptors (Lipinski definition) is 5. The van der Waals surface area contributed by atoms with E-state index in [1.54, 1.807) is 18.2 Å². The second-order valence-corrected chi connectivity index (χ2v) is 9.02. The highest BCUT2D eigenvalue weighted by Crippen LogP contribution is 2.20. The van der Waals surface area contributed by atoms with Gasteiger partial charge in [-0.25, -0.2) is 22.9 Å². The molecule has 0 saturated carbocycles. The molecule has 37 heavy (non-hydrogen) atoms. The number of benzene rings is 2. The van der Waals surface area contributed by atoms with Crippen molar-refractivity contribution < 1.29 is 27.5 Å². The number of hydrogen-bond donors (Lipinski definition) is 2. The zero-order valence-corrected chi connectivity index (χ0v) is 20.9. The highest BCUT2D eigenvalue weighted by atomic mass is 35.5. The molecule has 0 aliphatic carbocycles. The number of halogens is 4. The number of nitrogens with two attached hydrogens (primary N) is 1. The highest BCUT2D eigenvalue weighted by Gasteiger charge is 2.25. The Balaban J connectivity index is 1.61. The Morgan fingerprint density at radius 1 is 1.14 bits per heavy atom. The second-order valence-electron chi connectivity index (χ2n) is 8.61. The molecule has 0 bridgehead atoms. The Hall–Kier alpha value is -3.37. The quantitative estimate of drug-likeness (QED) is 0.341. The van der Waals surface area contributed by atoms with Gasteiger partial charge in [-0.3, -0.25) is 10.1 Å². The molecule has 0 spiro atoms. The number of anilines is 1. The van der Waals surface area contributed by atoms with Crippen LogP contribution in [0.4, 0.5) is 23.8 Å². The Labute approximate surface area is 217 Å². The first kappa shape index (κ1) is 28.2. The molecule has 2 amide bonds. The minimum absolute atomic E-state index is 0.0762. The maximum absolute atomic E-state index is 13.5. The van der Waals surface area contributed by atoms with Crippen LogP contribution in [-0.4, -0.2) is 54.0 Å². The molecule has 7 nitrogen and oxygen atoms in total. The first-order valence-corrected chi connectivity index (χ1v) is 12.0. The molecule has 1 unspecified atom stereocenters. The van der Waals surface area contributed by atoms with E-state index < -0.39 is 30.4 Å². The van der Waals surface area contributed by atoms with Crippen LogP contribution in [0.2, 0.25) is 5.02 Å². The Morgan fingerprint density at radius 2 is 1.89 bits per heavy atom. The molecule has 3 aromatic rings. The van der Waals surface area contributed by atoms with E-state index in [4.69, 9.17) is 22.1 Å². The fourth-order valence-corrected chi connectivity index (χ4v) is 3.95. The number of fused-ring (bicyclic) bond motifs is 1. The van der Waals surface area contributed by atoms with Gasteiger partial charge in [-0.05, 0) is 60.5 Å². The van der Waals surface area contributed by atoms with Crippen molar-refractivity contribution in [2.24, 2.45) is 5.73 Å². The first-order valence-electron chi connectivity index (χ1n) is 11.7. The fraction of sp³-hybridized carbons (Fsp3) is 0.346. The van der Waals surface area contributed by atoms with Crippen LogP contribution in [0.1, 0.15) is 24.8 Å². The average Bonchev–Trinajstić information content (AvgIpc) is 2.87. The van der Waals surface area contributed by atoms with E-state index in [1.165, 1.54) is 36.3 Å². The van der Waals surface area contributed by atoms with Crippen molar-refractivity contribution in [2.45, 2.75) is 44.2 Å². The zero-order chi connectivity index (χ0) is 26.9. The minimum atomic E-state index is -2.71. The lowest BCUT2D eigenvalue weighted by molar-refractivity contribution is -0.133. The molecule has 0 fully saturated rings. The number of nitrogens with zero attached hydrogens (tertiary/aromatic N) is 2. The van der Waals surface area contributed by atoms with Crippen LogP contribution < -0.4 is 11.1 Å². The summed E-state index contributed by atoms with van der Waals surface area (Å²) in [5.74, 6) is -0.555. The average molecular weight is 537 g/mol. The lowest BCUT2D eigenvalue weighted by Gasteiger charge is -2.29. The number of pyridine rings is 1. The molecule has 1 aromatic heterocycles. The van der Waals surface area contributed by atoms with E-state index in [1.807, 2.05) is 12.1 Å². The molecule has 0 aliphatic heterocycles. The van der Waals surface area contributed by atoms with Crippen LogP contribution >= 0.6 is 11.6 Å². The van der Waals surface area contributed by atoms with Gasteiger partial charge < -0.3 is 15.4 Å². The molecular formula is C26H28ClF3N4O3. The lowest BCUT2D eigenvalue weighted by Crippen LogP contribution is -2.42. The summed E-state index contributed by atoms with van der Waals surface area (Å²) in [7, 11) is 1.52. The molecule has 0 radical (unpaired) electrons.